The average molecular weight is 257 g/mol. The number of ether oxygens (including phenoxy) is 1. The summed E-state index contributed by atoms with van der Waals surface area (Å²) in [5.41, 5.74) is 3.49. The molecular weight excluding hydrogens is 241 g/mol. The van der Waals surface area contributed by atoms with Crippen LogP contribution in [0, 0.1) is 5.82 Å². The van der Waals surface area contributed by atoms with Crippen LogP contribution in [0.2, 0.25) is 0 Å². The van der Waals surface area contributed by atoms with Gasteiger partial charge in [-0.3, -0.25) is 0 Å². The monoisotopic (exact) mass is 257 g/mol. The number of nitrogens with one attached hydrogen (secondary N) is 1. The summed E-state index contributed by atoms with van der Waals surface area (Å²) in [4.78, 5) is 0. The van der Waals surface area contributed by atoms with Gasteiger partial charge in [-0.05, 0) is 35.7 Å². The van der Waals surface area contributed by atoms with Gasteiger partial charge in [0.2, 0.25) is 0 Å². The minimum Gasteiger partial charge on any atom is -0.494 e. The molecule has 0 saturated heterocycles. The molecule has 0 aliphatic carbocycles. The Kier molecular flexibility index (Phi) is 3.11. The molecule has 1 unspecified atom stereocenters. The third-order valence-corrected chi connectivity index (χ3v) is 3.67. The Balaban J connectivity index is 1.87. The molecule has 19 heavy (non-hydrogen) atoms. The van der Waals surface area contributed by atoms with Gasteiger partial charge < -0.3 is 10.1 Å². The molecule has 1 aliphatic heterocycles. The summed E-state index contributed by atoms with van der Waals surface area (Å²) in [7, 11) is 1.48. The summed E-state index contributed by atoms with van der Waals surface area (Å²) in [6, 6.07) is 13.5. The highest BCUT2D eigenvalue weighted by molar-refractivity contribution is 5.54. The molecule has 98 valence electrons. The maximum atomic E-state index is 13.8. The van der Waals surface area contributed by atoms with Crippen LogP contribution in [0.4, 0.5) is 10.1 Å². The molecule has 0 spiro atoms. The van der Waals surface area contributed by atoms with E-state index in [-0.39, 0.29) is 5.82 Å². The molecule has 2 aromatic rings. The molecule has 3 rings (SSSR count). The van der Waals surface area contributed by atoms with Gasteiger partial charge in [0.15, 0.2) is 11.6 Å². The predicted octanol–water partition coefficient (Wildman–Crippen LogP) is 3.59. The summed E-state index contributed by atoms with van der Waals surface area (Å²) in [5, 5.41) is 3.41. The third-order valence-electron chi connectivity index (χ3n) is 3.67. The molecule has 0 saturated carbocycles. The number of fused-ring (bicyclic) bond motifs is 1. The number of benzene rings is 2. The van der Waals surface area contributed by atoms with Crippen molar-refractivity contribution in [1.82, 2.24) is 0 Å². The molecule has 0 radical (unpaired) electrons. The maximum Gasteiger partial charge on any atom is 0.165 e. The predicted molar refractivity (Wildman–Crippen MR) is 74.3 cm³/mol. The van der Waals surface area contributed by atoms with E-state index in [4.69, 9.17) is 4.74 Å². The van der Waals surface area contributed by atoms with Crippen LogP contribution in [-0.2, 0) is 6.42 Å². The van der Waals surface area contributed by atoms with Gasteiger partial charge in [0, 0.05) is 18.2 Å². The molecule has 1 atom stereocenters. The van der Waals surface area contributed by atoms with Crippen molar-refractivity contribution in [2.75, 3.05) is 19.0 Å². The van der Waals surface area contributed by atoms with Crippen molar-refractivity contribution in [3.05, 3.63) is 59.4 Å². The molecule has 3 heteroatoms. The van der Waals surface area contributed by atoms with E-state index in [1.54, 1.807) is 12.1 Å². The lowest BCUT2D eigenvalue weighted by molar-refractivity contribution is 0.386. The van der Waals surface area contributed by atoms with Gasteiger partial charge in [-0.1, -0.05) is 24.3 Å². The zero-order valence-electron chi connectivity index (χ0n) is 10.8. The van der Waals surface area contributed by atoms with Crippen LogP contribution < -0.4 is 10.1 Å². The first-order valence-corrected chi connectivity index (χ1v) is 6.43. The van der Waals surface area contributed by atoms with Crippen LogP contribution in [0.5, 0.6) is 5.75 Å². The molecule has 1 heterocycles. The fraction of sp³-hybridized carbons (Fsp3) is 0.250. The van der Waals surface area contributed by atoms with Crippen LogP contribution >= 0.6 is 0 Å². The van der Waals surface area contributed by atoms with E-state index >= 15 is 0 Å². The first kappa shape index (κ1) is 12.0. The molecule has 0 aromatic heterocycles. The lowest BCUT2D eigenvalue weighted by Gasteiger charge is -2.26. The number of hydrogen-bond acceptors (Lipinski definition) is 2. The zero-order chi connectivity index (χ0) is 13.2. The van der Waals surface area contributed by atoms with E-state index in [1.807, 2.05) is 18.2 Å². The highest BCUT2D eigenvalue weighted by Crippen LogP contribution is 2.31. The second-order valence-corrected chi connectivity index (χ2v) is 4.83. The number of hydrogen-bond donors (Lipinski definition) is 1. The van der Waals surface area contributed by atoms with Crippen LogP contribution in [-0.4, -0.2) is 13.7 Å². The largest absolute Gasteiger partial charge is 0.494 e. The third kappa shape index (κ3) is 2.28. The van der Waals surface area contributed by atoms with Crippen molar-refractivity contribution in [1.29, 1.82) is 0 Å². The standard InChI is InChI=1S/C16H16FNO/c1-19-16-7-6-11(9-14(16)17)13-8-12-4-2-3-5-15(12)18-10-13/h2-7,9,13,18H,8,10H2,1H3. The van der Waals surface area contributed by atoms with E-state index in [9.17, 15) is 4.39 Å². The Morgan fingerprint density at radius 2 is 2.05 bits per heavy atom. The van der Waals surface area contributed by atoms with Crippen LogP contribution in [0.25, 0.3) is 0 Å². The Bertz CT molecular complexity index is 597. The van der Waals surface area contributed by atoms with Crippen molar-refractivity contribution in [2.45, 2.75) is 12.3 Å². The van der Waals surface area contributed by atoms with E-state index in [2.05, 4.69) is 17.4 Å². The van der Waals surface area contributed by atoms with Gasteiger partial charge in [0.05, 0.1) is 7.11 Å². The molecule has 1 N–H and O–H groups in total. The Morgan fingerprint density at radius 1 is 1.21 bits per heavy atom. The fourth-order valence-electron chi connectivity index (χ4n) is 2.61. The maximum absolute atomic E-state index is 13.8. The van der Waals surface area contributed by atoms with Gasteiger partial charge in [-0.2, -0.15) is 0 Å². The van der Waals surface area contributed by atoms with E-state index in [1.165, 1.54) is 18.4 Å². The van der Waals surface area contributed by atoms with Crippen molar-refractivity contribution >= 4 is 5.69 Å². The molecule has 0 amide bonds. The minimum atomic E-state index is -0.293. The van der Waals surface area contributed by atoms with E-state index in [0.717, 1.165) is 18.5 Å². The van der Waals surface area contributed by atoms with E-state index in [0.29, 0.717) is 11.7 Å². The number of rotatable bonds is 2. The fourth-order valence-corrected chi connectivity index (χ4v) is 2.61. The topological polar surface area (TPSA) is 21.3 Å². The van der Waals surface area contributed by atoms with Crippen LogP contribution in [0.3, 0.4) is 0 Å². The highest BCUT2D eigenvalue weighted by Gasteiger charge is 2.20. The summed E-state index contributed by atoms with van der Waals surface area (Å²) < 4.78 is 18.7. The number of para-hydroxylation sites is 1. The number of halogens is 1. The second-order valence-electron chi connectivity index (χ2n) is 4.83. The van der Waals surface area contributed by atoms with Crippen LogP contribution in [0.1, 0.15) is 17.0 Å². The normalized spacial score (nSPS) is 17.5. The van der Waals surface area contributed by atoms with Crippen molar-refractivity contribution in [3.8, 4) is 5.75 Å². The summed E-state index contributed by atoms with van der Waals surface area (Å²) in [6.07, 6.45) is 0.939. The minimum absolute atomic E-state index is 0.293. The van der Waals surface area contributed by atoms with Crippen molar-refractivity contribution < 1.29 is 9.13 Å². The van der Waals surface area contributed by atoms with Crippen LogP contribution in [0.15, 0.2) is 42.5 Å². The number of anilines is 1. The Morgan fingerprint density at radius 3 is 2.84 bits per heavy atom. The SMILES string of the molecule is COc1ccc(C2CNc3ccccc3C2)cc1F. The number of methoxy groups -OCH3 is 1. The van der Waals surface area contributed by atoms with Gasteiger partial charge in [-0.25, -0.2) is 4.39 Å². The molecule has 0 bridgehead atoms. The van der Waals surface area contributed by atoms with Crippen molar-refractivity contribution in [3.63, 3.8) is 0 Å². The first-order chi connectivity index (χ1) is 9.28. The molecule has 2 aromatic carbocycles. The quantitative estimate of drug-likeness (QED) is 0.887. The molecule has 2 nitrogen and oxygen atoms in total. The van der Waals surface area contributed by atoms with Gasteiger partial charge in [0.25, 0.3) is 0 Å². The smallest absolute Gasteiger partial charge is 0.165 e. The van der Waals surface area contributed by atoms with Gasteiger partial charge >= 0.3 is 0 Å². The molecule has 1 aliphatic rings. The lowest BCUT2D eigenvalue weighted by Crippen LogP contribution is -2.21. The molecule has 0 fully saturated rings. The Hall–Kier alpha value is -2.03. The molecular formula is C16H16FNO. The van der Waals surface area contributed by atoms with Crippen molar-refractivity contribution in [2.24, 2.45) is 0 Å². The second kappa shape index (κ2) is 4.92. The highest BCUT2D eigenvalue weighted by atomic mass is 19.1. The first-order valence-electron chi connectivity index (χ1n) is 6.43. The van der Waals surface area contributed by atoms with Gasteiger partial charge in [-0.15, -0.1) is 0 Å². The van der Waals surface area contributed by atoms with E-state index < -0.39 is 0 Å². The average Bonchev–Trinajstić information content (AvgIpc) is 2.46. The lowest BCUT2D eigenvalue weighted by atomic mass is 9.88. The van der Waals surface area contributed by atoms with Gasteiger partial charge in [0.1, 0.15) is 0 Å². The zero-order valence-corrected chi connectivity index (χ0v) is 10.8. The summed E-state index contributed by atoms with van der Waals surface area (Å²) >= 11 is 0. The summed E-state index contributed by atoms with van der Waals surface area (Å²) in [5.74, 6) is 0.307. The Labute approximate surface area is 112 Å². The summed E-state index contributed by atoms with van der Waals surface area (Å²) in [6.45, 7) is 0.836.